The molecule has 0 aromatic carbocycles. The van der Waals surface area contributed by atoms with Gasteiger partial charge in [0.05, 0.1) is 0 Å². The summed E-state index contributed by atoms with van der Waals surface area (Å²) in [5, 5.41) is 6.33. The third-order valence-corrected chi connectivity index (χ3v) is 1.90. The molecule has 1 rings (SSSR count). The van der Waals surface area contributed by atoms with E-state index >= 15 is 0 Å². The minimum atomic E-state index is 0.889. The molecule has 0 saturated carbocycles. The van der Waals surface area contributed by atoms with E-state index in [0.29, 0.717) is 0 Å². The van der Waals surface area contributed by atoms with Crippen molar-refractivity contribution in [2.75, 3.05) is 44.9 Å². The van der Waals surface area contributed by atoms with Crippen molar-refractivity contribution in [2.24, 2.45) is 0 Å². The van der Waals surface area contributed by atoms with Crippen LogP contribution in [0.25, 0.3) is 0 Å². The smallest absolute Gasteiger partial charge is 0.127 e. The molecule has 0 fully saturated rings. The number of aromatic nitrogens is 1. The molecule has 0 aliphatic carbocycles. The van der Waals surface area contributed by atoms with E-state index in [9.17, 15) is 0 Å². The first-order chi connectivity index (χ1) is 6.72. The lowest BCUT2D eigenvalue weighted by molar-refractivity contribution is 0.425. The zero-order chi connectivity index (χ0) is 10.4. The zero-order valence-electron chi connectivity index (χ0n) is 9.04. The number of anilines is 2. The number of hydrogen-bond acceptors (Lipinski definition) is 4. The highest BCUT2D eigenvalue weighted by Crippen LogP contribution is 2.10. The van der Waals surface area contributed by atoms with Gasteiger partial charge < -0.3 is 15.5 Å². The third-order valence-electron chi connectivity index (χ3n) is 1.90. The number of nitrogens with one attached hydrogen (secondary N) is 2. The van der Waals surface area contributed by atoms with Crippen LogP contribution in [0, 0.1) is 0 Å². The van der Waals surface area contributed by atoms with Crippen LogP contribution >= 0.6 is 0 Å². The van der Waals surface area contributed by atoms with Crippen LogP contribution in [-0.2, 0) is 0 Å². The van der Waals surface area contributed by atoms with Crippen LogP contribution in [0.15, 0.2) is 18.3 Å². The minimum Gasteiger partial charge on any atom is -0.384 e. The molecule has 0 aliphatic rings. The Hall–Kier alpha value is -1.29. The van der Waals surface area contributed by atoms with E-state index in [-0.39, 0.29) is 0 Å². The second kappa shape index (κ2) is 5.44. The molecule has 0 spiro atoms. The van der Waals surface area contributed by atoms with Gasteiger partial charge in [0, 0.05) is 38.1 Å². The van der Waals surface area contributed by atoms with Crippen LogP contribution < -0.4 is 10.6 Å². The van der Waals surface area contributed by atoms with E-state index in [1.165, 1.54) is 0 Å². The molecule has 1 aromatic heterocycles. The molecule has 2 N–H and O–H groups in total. The van der Waals surface area contributed by atoms with Crippen molar-refractivity contribution < 1.29 is 0 Å². The summed E-state index contributed by atoms with van der Waals surface area (Å²) >= 11 is 0. The molecule has 0 radical (unpaired) electrons. The fraction of sp³-hybridized carbons (Fsp3) is 0.500. The van der Waals surface area contributed by atoms with Gasteiger partial charge in [0.25, 0.3) is 0 Å². The highest BCUT2D eigenvalue weighted by atomic mass is 15.1. The van der Waals surface area contributed by atoms with E-state index in [0.717, 1.165) is 24.6 Å². The summed E-state index contributed by atoms with van der Waals surface area (Å²) in [5.41, 5.74) is 1.10. The molecule has 4 heteroatoms. The second-order valence-electron chi connectivity index (χ2n) is 3.41. The summed E-state index contributed by atoms with van der Waals surface area (Å²) in [6.07, 6.45) is 1.80. The van der Waals surface area contributed by atoms with Gasteiger partial charge >= 0.3 is 0 Å². The summed E-state index contributed by atoms with van der Waals surface area (Å²) in [7, 11) is 5.99. The van der Waals surface area contributed by atoms with E-state index in [4.69, 9.17) is 0 Å². The van der Waals surface area contributed by atoms with Gasteiger partial charge in [-0.1, -0.05) is 0 Å². The van der Waals surface area contributed by atoms with Gasteiger partial charge in [0.2, 0.25) is 0 Å². The van der Waals surface area contributed by atoms with Crippen LogP contribution in [0.4, 0.5) is 11.5 Å². The van der Waals surface area contributed by atoms with Crippen molar-refractivity contribution in [2.45, 2.75) is 0 Å². The second-order valence-corrected chi connectivity index (χ2v) is 3.41. The first-order valence-corrected chi connectivity index (χ1v) is 4.75. The van der Waals surface area contributed by atoms with Crippen molar-refractivity contribution in [1.82, 2.24) is 9.88 Å². The number of nitrogens with zero attached hydrogens (tertiary/aromatic N) is 2. The number of pyridine rings is 1. The fourth-order valence-corrected chi connectivity index (χ4v) is 1.10. The molecule has 0 unspecified atom stereocenters. The molecule has 1 aromatic rings. The molecule has 14 heavy (non-hydrogen) atoms. The molecule has 0 amide bonds. The normalized spacial score (nSPS) is 10.3. The van der Waals surface area contributed by atoms with Crippen molar-refractivity contribution in [3.05, 3.63) is 18.3 Å². The SMILES string of the molecule is CNc1cc(NCCN(C)C)ccn1. The summed E-state index contributed by atoms with van der Waals surface area (Å²) in [5.74, 6) is 0.889. The van der Waals surface area contributed by atoms with Crippen LogP contribution in [0.3, 0.4) is 0 Å². The Morgan fingerprint density at radius 2 is 2.21 bits per heavy atom. The molecule has 78 valence electrons. The lowest BCUT2D eigenvalue weighted by Crippen LogP contribution is -2.20. The molecular formula is C10H18N4. The van der Waals surface area contributed by atoms with Crippen molar-refractivity contribution in [1.29, 1.82) is 0 Å². The lowest BCUT2D eigenvalue weighted by Gasteiger charge is -2.11. The van der Waals surface area contributed by atoms with Crippen LogP contribution in [0.2, 0.25) is 0 Å². The first kappa shape index (κ1) is 10.8. The van der Waals surface area contributed by atoms with Gasteiger partial charge in [-0.05, 0) is 20.2 Å². The molecule has 1 heterocycles. The van der Waals surface area contributed by atoms with Gasteiger partial charge in [-0.25, -0.2) is 4.98 Å². The summed E-state index contributed by atoms with van der Waals surface area (Å²) in [6.45, 7) is 1.97. The predicted molar refractivity (Wildman–Crippen MR) is 60.8 cm³/mol. The van der Waals surface area contributed by atoms with Crippen molar-refractivity contribution in [3.8, 4) is 0 Å². The largest absolute Gasteiger partial charge is 0.384 e. The molecule has 0 saturated heterocycles. The zero-order valence-corrected chi connectivity index (χ0v) is 9.04. The van der Waals surface area contributed by atoms with Crippen LogP contribution in [-0.4, -0.2) is 44.1 Å². The van der Waals surface area contributed by atoms with Gasteiger partial charge in [0.1, 0.15) is 5.82 Å². The van der Waals surface area contributed by atoms with Crippen molar-refractivity contribution >= 4 is 11.5 Å². The molecule has 0 bridgehead atoms. The van der Waals surface area contributed by atoms with Crippen molar-refractivity contribution in [3.63, 3.8) is 0 Å². The fourth-order valence-electron chi connectivity index (χ4n) is 1.10. The van der Waals surface area contributed by atoms with Gasteiger partial charge in [-0.2, -0.15) is 0 Å². The maximum Gasteiger partial charge on any atom is 0.127 e. The standard InChI is InChI=1S/C10H18N4/c1-11-10-8-9(4-5-13-10)12-6-7-14(2)3/h4-5,8H,6-7H2,1-3H3,(H2,11,12,13). The van der Waals surface area contributed by atoms with E-state index in [2.05, 4.69) is 34.6 Å². The van der Waals surface area contributed by atoms with Gasteiger partial charge in [0.15, 0.2) is 0 Å². The Labute approximate surface area is 85.3 Å². The average molecular weight is 194 g/mol. The number of rotatable bonds is 5. The van der Waals surface area contributed by atoms with Gasteiger partial charge in [-0.3, -0.25) is 0 Å². The maximum absolute atomic E-state index is 4.14. The Morgan fingerprint density at radius 3 is 2.86 bits per heavy atom. The predicted octanol–water partition coefficient (Wildman–Crippen LogP) is 1.10. The van der Waals surface area contributed by atoms with Gasteiger partial charge in [-0.15, -0.1) is 0 Å². The first-order valence-electron chi connectivity index (χ1n) is 4.75. The third kappa shape index (κ3) is 3.62. The summed E-state index contributed by atoms with van der Waals surface area (Å²) in [4.78, 5) is 6.29. The minimum absolute atomic E-state index is 0.889. The molecule has 0 atom stereocenters. The van der Waals surface area contributed by atoms with Crippen LogP contribution in [0.5, 0.6) is 0 Å². The molecule has 4 nitrogen and oxygen atoms in total. The van der Waals surface area contributed by atoms with E-state index in [1.807, 2.05) is 19.2 Å². The molecular weight excluding hydrogens is 176 g/mol. The maximum atomic E-state index is 4.14. The molecule has 0 aliphatic heterocycles. The Bertz CT molecular complexity index is 273. The summed E-state index contributed by atoms with van der Waals surface area (Å²) < 4.78 is 0. The lowest BCUT2D eigenvalue weighted by atomic mass is 10.4. The highest BCUT2D eigenvalue weighted by molar-refractivity contribution is 5.51. The summed E-state index contributed by atoms with van der Waals surface area (Å²) in [6, 6.07) is 3.96. The topological polar surface area (TPSA) is 40.2 Å². The van der Waals surface area contributed by atoms with E-state index in [1.54, 1.807) is 6.20 Å². The Morgan fingerprint density at radius 1 is 1.43 bits per heavy atom. The van der Waals surface area contributed by atoms with E-state index < -0.39 is 0 Å². The highest BCUT2D eigenvalue weighted by Gasteiger charge is 1.94. The monoisotopic (exact) mass is 194 g/mol. The number of likely N-dealkylation sites (N-methyl/N-ethyl adjacent to an activating group) is 1. The quantitative estimate of drug-likeness (QED) is 0.736. The average Bonchev–Trinajstić information content (AvgIpc) is 2.18. The number of hydrogen-bond donors (Lipinski definition) is 2. The Kier molecular flexibility index (Phi) is 4.19. The Balaban J connectivity index is 2.42. The van der Waals surface area contributed by atoms with Crippen LogP contribution in [0.1, 0.15) is 0 Å².